The predicted octanol–water partition coefficient (Wildman–Crippen LogP) is 1.29. The van der Waals surface area contributed by atoms with Crippen molar-refractivity contribution in [2.45, 2.75) is 6.92 Å². The van der Waals surface area contributed by atoms with Gasteiger partial charge >= 0.3 is 0 Å². The fourth-order valence-electron chi connectivity index (χ4n) is 1.36. The normalized spacial score (nSPS) is 10.6. The van der Waals surface area contributed by atoms with E-state index < -0.39 is 0 Å². The SMILES string of the molecule is COc1nc(Cl)cc2nc(C)[nH]c(=O)c12. The number of H-pyrrole nitrogens is 1. The van der Waals surface area contributed by atoms with Crippen molar-refractivity contribution in [1.82, 2.24) is 15.0 Å². The lowest BCUT2D eigenvalue weighted by molar-refractivity contribution is 0.403. The number of methoxy groups -OCH3 is 1. The molecule has 0 aromatic carbocycles. The van der Waals surface area contributed by atoms with E-state index in [-0.39, 0.29) is 16.6 Å². The first kappa shape index (κ1) is 9.92. The Morgan fingerprint density at radius 1 is 1.47 bits per heavy atom. The predicted molar refractivity (Wildman–Crippen MR) is 56.5 cm³/mol. The van der Waals surface area contributed by atoms with Crippen molar-refractivity contribution in [1.29, 1.82) is 0 Å². The lowest BCUT2D eigenvalue weighted by atomic mass is 10.3. The van der Waals surface area contributed by atoms with Gasteiger partial charge in [0.05, 0.1) is 12.6 Å². The third-order valence-electron chi connectivity index (χ3n) is 1.94. The van der Waals surface area contributed by atoms with Gasteiger partial charge in [-0.1, -0.05) is 11.6 Å². The number of hydrogen-bond acceptors (Lipinski definition) is 4. The lowest BCUT2D eigenvalue weighted by Crippen LogP contribution is -2.11. The highest BCUT2D eigenvalue weighted by Crippen LogP contribution is 2.21. The van der Waals surface area contributed by atoms with E-state index in [1.54, 1.807) is 6.92 Å². The van der Waals surface area contributed by atoms with Gasteiger partial charge in [-0.25, -0.2) is 9.97 Å². The number of nitrogens with zero attached hydrogens (tertiary/aromatic N) is 2. The molecule has 0 amide bonds. The Bertz CT molecular complexity index is 574. The van der Waals surface area contributed by atoms with Crippen LogP contribution >= 0.6 is 11.6 Å². The van der Waals surface area contributed by atoms with Crippen LogP contribution in [0.1, 0.15) is 5.82 Å². The first-order valence-electron chi connectivity index (χ1n) is 4.23. The zero-order valence-corrected chi connectivity index (χ0v) is 8.92. The molecule has 2 heterocycles. The topological polar surface area (TPSA) is 67.9 Å². The largest absolute Gasteiger partial charge is 0.480 e. The summed E-state index contributed by atoms with van der Waals surface area (Å²) in [7, 11) is 1.43. The minimum Gasteiger partial charge on any atom is -0.480 e. The van der Waals surface area contributed by atoms with Crippen molar-refractivity contribution < 1.29 is 4.74 Å². The van der Waals surface area contributed by atoms with Crippen LogP contribution in [-0.4, -0.2) is 22.1 Å². The summed E-state index contributed by atoms with van der Waals surface area (Å²) >= 11 is 5.76. The maximum absolute atomic E-state index is 11.6. The second kappa shape index (κ2) is 3.51. The molecule has 0 aliphatic heterocycles. The molecule has 0 bridgehead atoms. The lowest BCUT2D eigenvalue weighted by Gasteiger charge is -2.04. The highest BCUT2D eigenvalue weighted by Gasteiger charge is 2.10. The van der Waals surface area contributed by atoms with Gasteiger partial charge in [-0.2, -0.15) is 0 Å². The fourth-order valence-corrected chi connectivity index (χ4v) is 1.54. The quantitative estimate of drug-likeness (QED) is 0.743. The molecule has 0 spiro atoms. The Morgan fingerprint density at radius 3 is 2.87 bits per heavy atom. The van der Waals surface area contributed by atoms with E-state index >= 15 is 0 Å². The molecule has 2 rings (SSSR count). The Labute approximate surface area is 90.1 Å². The van der Waals surface area contributed by atoms with Crippen molar-refractivity contribution >= 4 is 22.5 Å². The number of aromatic amines is 1. The van der Waals surface area contributed by atoms with Gasteiger partial charge in [-0.05, 0) is 6.92 Å². The van der Waals surface area contributed by atoms with Crippen molar-refractivity contribution in [2.24, 2.45) is 0 Å². The highest BCUT2D eigenvalue weighted by molar-refractivity contribution is 6.30. The average Bonchev–Trinajstić information content (AvgIpc) is 2.14. The van der Waals surface area contributed by atoms with Crippen LogP contribution in [-0.2, 0) is 0 Å². The van der Waals surface area contributed by atoms with Crippen LogP contribution < -0.4 is 10.3 Å². The molecule has 5 nitrogen and oxygen atoms in total. The van der Waals surface area contributed by atoms with Crippen molar-refractivity contribution in [3.05, 3.63) is 27.4 Å². The summed E-state index contributed by atoms with van der Waals surface area (Å²) in [4.78, 5) is 22.2. The van der Waals surface area contributed by atoms with E-state index in [1.807, 2.05) is 0 Å². The smallest absolute Gasteiger partial charge is 0.264 e. The second-order valence-corrected chi connectivity index (χ2v) is 3.39. The molecular weight excluding hydrogens is 218 g/mol. The number of fused-ring (bicyclic) bond motifs is 1. The van der Waals surface area contributed by atoms with Gasteiger partial charge in [0.2, 0.25) is 5.88 Å². The molecule has 2 aromatic heterocycles. The Morgan fingerprint density at radius 2 is 2.20 bits per heavy atom. The number of pyridine rings is 1. The molecular formula is C9H8ClN3O2. The molecule has 0 saturated heterocycles. The standard InChI is InChI=1S/C9H8ClN3O2/c1-4-11-5-3-6(10)13-9(15-2)7(5)8(14)12-4/h3H,1-2H3,(H,11,12,14). The number of aryl methyl sites for hydroxylation is 1. The van der Waals surface area contributed by atoms with E-state index in [9.17, 15) is 4.79 Å². The van der Waals surface area contributed by atoms with Crippen LogP contribution in [0, 0.1) is 6.92 Å². The first-order chi connectivity index (χ1) is 7.11. The van der Waals surface area contributed by atoms with Gasteiger partial charge in [0.1, 0.15) is 16.4 Å². The minimum atomic E-state index is -0.279. The van der Waals surface area contributed by atoms with E-state index in [0.29, 0.717) is 16.7 Å². The molecule has 0 aliphatic rings. The summed E-state index contributed by atoms with van der Waals surface area (Å²) in [6.45, 7) is 1.70. The molecule has 0 saturated carbocycles. The van der Waals surface area contributed by atoms with Crippen molar-refractivity contribution in [3.8, 4) is 5.88 Å². The van der Waals surface area contributed by atoms with Gasteiger partial charge < -0.3 is 9.72 Å². The number of halogens is 1. The Kier molecular flexibility index (Phi) is 2.32. The number of hydrogen-bond donors (Lipinski definition) is 1. The number of ether oxygens (including phenoxy) is 1. The van der Waals surface area contributed by atoms with Gasteiger partial charge in [0.25, 0.3) is 5.56 Å². The maximum atomic E-state index is 11.6. The third-order valence-corrected chi connectivity index (χ3v) is 2.13. The van der Waals surface area contributed by atoms with E-state index in [2.05, 4.69) is 15.0 Å². The second-order valence-electron chi connectivity index (χ2n) is 3.00. The van der Waals surface area contributed by atoms with Crippen LogP contribution in [0.4, 0.5) is 0 Å². The van der Waals surface area contributed by atoms with Gasteiger partial charge in [0.15, 0.2) is 0 Å². The molecule has 0 radical (unpaired) electrons. The molecule has 6 heteroatoms. The van der Waals surface area contributed by atoms with E-state index in [4.69, 9.17) is 16.3 Å². The third kappa shape index (κ3) is 1.66. The minimum absolute atomic E-state index is 0.186. The summed E-state index contributed by atoms with van der Waals surface area (Å²) in [6.07, 6.45) is 0. The molecule has 1 N–H and O–H groups in total. The number of rotatable bonds is 1. The fraction of sp³-hybridized carbons (Fsp3) is 0.222. The molecule has 0 fully saturated rings. The monoisotopic (exact) mass is 225 g/mol. The van der Waals surface area contributed by atoms with Crippen LogP contribution in [0.5, 0.6) is 5.88 Å². The molecule has 15 heavy (non-hydrogen) atoms. The highest BCUT2D eigenvalue weighted by atomic mass is 35.5. The Balaban J connectivity index is 2.96. The molecule has 0 unspecified atom stereocenters. The zero-order valence-electron chi connectivity index (χ0n) is 8.17. The van der Waals surface area contributed by atoms with Crippen LogP contribution in [0.25, 0.3) is 10.9 Å². The number of nitrogens with one attached hydrogen (secondary N) is 1. The van der Waals surface area contributed by atoms with Crippen LogP contribution in [0.15, 0.2) is 10.9 Å². The maximum Gasteiger partial charge on any atom is 0.264 e. The number of aromatic nitrogens is 3. The molecule has 0 aliphatic carbocycles. The Hall–Kier alpha value is -1.62. The van der Waals surface area contributed by atoms with Gasteiger partial charge in [0, 0.05) is 6.07 Å². The van der Waals surface area contributed by atoms with E-state index in [1.165, 1.54) is 13.2 Å². The molecule has 78 valence electrons. The molecule has 2 aromatic rings. The molecule has 0 atom stereocenters. The van der Waals surface area contributed by atoms with Crippen LogP contribution in [0.3, 0.4) is 0 Å². The van der Waals surface area contributed by atoms with Crippen molar-refractivity contribution in [3.63, 3.8) is 0 Å². The summed E-state index contributed by atoms with van der Waals surface area (Å²) in [5, 5.41) is 0.560. The summed E-state index contributed by atoms with van der Waals surface area (Å²) < 4.78 is 4.97. The summed E-state index contributed by atoms with van der Waals surface area (Å²) in [5.74, 6) is 0.711. The first-order valence-corrected chi connectivity index (χ1v) is 4.61. The van der Waals surface area contributed by atoms with Crippen LogP contribution in [0.2, 0.25) is 5.15 Å². The zero-order chi connectivity index (χ0) is 11.0. The van der Waals surface area contributed by atoms with Gasteiger partial charge in [-0.15, -0.1) is 0 Å². The van der Waals surface area contributed by atoms with Gasteiger partial charge in [-0.3, -0.25) is 4.79 Å². The van der Waals surface area contributed by atoms with E-state index in [0.717, 1.165) is 0 Å². The summed E-state index contributed by atoms with van der Waals surface area (Å²) in [6, 6.07) is 1.53. The average molecular weight is 226 g/mol. The summed E-state index contributed by atoms with van der Waals surface area (Å²) in [5.41, 5.74) is 0.201. The van der Waals surface area contributed by atoms with Crippen molar-refractivity contribution in [2.75, 3.05) is 7.11 Å².